The molecule has 1 fully saturated rings. The fourth-order valence-electron chi connectivity index (χ4n) is 2.79. The van der Waals surface area contributed by atoms with E-state index in [0.717, 1.165) is 25.2 Å². The fraction of sp³-hybridized carbons (Fsp3) is 0.556. The molecule has 27 heavy (non-hydrogen) atoms. The van der Waals surface area contributed by atoms with E-state index in [0.29, 0.717) is 12.5 Å². The summed E-state index contributed by atoms with van der Waals surface area (Å²) >= 11 is 0. The van der Waals surface area contributed by atoms with Crippen molar-refractivity contribution in [3.8, 4) is 0 Å². The maximum Gasteiger partial charge on any atom is 0.239 e. The van der Waals surface area contributed by atoms with Gasteiger partial charge >= 0.3 is 0 Å². The minimum Gasteiger partial charge on any atom is -0.371 e. The van der Waals surface area contributed by atoms with Crippen LogP contribution in [-0.2, 0) is 9.59 Å². The topological polar surface area (TPSA) is 87.5 Å². The molecule has 1 aromatic carbocycles. The molecule has 2 atom stereocenters. The zero-order valence-corrected chi connectivity index (χ0v) is 17.2. The van der Waals surface area contributed by atoms with Gasteiger partial charge in [-0.2, -0.15) is 0 Å². The highest BCUT2D eigenvalue weighted by molar-refractivity contribution is 5.87. The lowest BCUT2D eigenvalue weighted by atomic mass is 10.1. The quantitative estimate of drug-likeness (QED) is 0.623. The van der Waals surface area contributed by atoms with Crippen LogP contribution in [0.1, 0.15) is 20.3 Å². The molecule has 1 aliphatic heterocycles. The number of halogens is 3. The van der Waals surface area contributed by atoms with Crippen molar-refractivity contribution in [2.24, 2.45) is 17.6 Å². The fourth-order valence-corrected chi connectivity index (χ4v) is 2.79. The largest absolute Gasteiger partial charge is 0.371 e. The molecule has 2 rings (SSSR count). The average Bonchev–Trinajstić information content (AvgIpc) is 3.06. The number of nitrogens with one attached hydrogen (secondary N) is 2. The van der Waals surface area contributed by atoms with E-state index < -0.39 is 6.04 Å². The second kappa shape index (κ2) is 12.0. The van der Waals surface area contributed by atoms with Crippen molar-refractivity contribution in [2.75, 3.05) is 31.1 Å². The molecule has 4 N–H and O–H groups in total. The van der Waals surface area contributed by atoms with E-state index in [1.54, 1.807) is 12.1 Å². The van der Waals surface area contributed by atoms with E-state index in [-0.39, 0.29) is 54.9 Å². The minimum atomic E-state index is -0.605. The van der Waals surface area contributed by atoms with Crippen molar-refractivity contribution in [3.63, 3.8) is 0 Å². The van der Waals surface area contributed by atoms with Crippen molar-refractivity contribution >= 4 is 42.3 Å². The number of nitrogens with zero attached hydrogens (tertiary/aromatic N) is 1. The predicted octanol–water partition coefficient (Wildman–Crippen LogP) is 1.71. The second-order valence-corrected chi connectivity index (χ2v) is 6.87. The molecule has 0 spiro atoms. The Morgan fingerprint density at radius 3 is 2.44 bits per heavy atom. The number of hydrogen-bond acceptors (Lipinski definition) is 4. The highest BCUT2D eigenvalue weighted by atomic mass is 35.5. The van der Waals surface area contributed by atoms with E-state index in [1.165, 1.54) is 12.1 Å². The lowest BCUT2D eigenvalue weighted by Gasteiger charge is -2.19. The third kappa shape index (κ3) is 7.91. The van der Waals surface area contributed by atoms with Crippen LogP contribution in [0.2, 0.25) is 0 Å². The molecule has 9 heteroatoms. The number of nitrogens with two attached hydrogens (primary N) is 1. The van der Waals surface area contributed by atoms with Crippen LogP contribution in [0, 0.1) is 17.7 Å². The maximum atomic E-state index is 13.0. The molecular weight excluding hydrogens is 394 g/mol. The molecule has 1 unspecified atom stereocenters. The van der Waals surface area contributed by atoms with Gasteiger partial charge in [0.15, 0.2) is 0 Å². The van der Waals surface area contributed by atoms with Crippen LogP contribution in [0.5, 0.6) is 0 Å². The Morgan fingerprint density at radius 2 is 1.85 bits per heavy atom. The van der Waals surface area contributed by atoms with Crippen LogP contribution < -0.4 is 21.3 Å². The standard InChI is InChI=1S/C18H27FN4O2.2ClH/c1-12(2)17(20)18(25)22-10-16(24)21-9-13-7-8-23(11-13)15-5-3-14(19)4-6-15;;/h3-6,12-13,17H,7-11,20H2,1-2H3,(H,21,24)(H,22,25);2*1H/t13?,17-;;/m0../s1. The Labute approximate surface area is 172 Å². The molecule has 0 aliphatic carbocycles. The average molecular weight is 423 g/mol. The first kappa shape index (κ1) is 25.4. The summed E-state index contributed by atoms with van der Waals surface area (Å²) in [6.45, 7) is 5.91. The normalized spacial score (nSPS) is 16.9. The summed E-state index contributed by atoms with van der Waals surface area (Å²) in [6.07, 6.45) is 0.961. The smallest absolute Gasteiger partial charge is 0.239 e. The summed E-state index contributed by atoms with van der Waals surface area (Å²) in [4.78, 5) is 25.8. The van der Waals surface area contributed by atoms with Crippen molar-refractivity contribution in [3.05, 3.63) is 30.1 Å². The third-order valence-corrected chi connectivity index (χ3v) is 4.51. The molecule has 0 radical (unpaired) electrons. The molecule has 1 aromatic rings. The Bertz CT molecular complexity index is 602. The van der Waals surface area contributed by atoms with Crippen molar-refractivity contribution < 1.29 is 14.0 Å². The number of carbonyl (C=O) groups excluding carboxylic acids is 2. The van der Waals surface area contributed by atoms with Gasteiger partial charge in [0.1, 0.15) is 5.82 Å². The van der Waals surface area contributed by atoms with Crippen LogP contribution in [0.4, 0.5) is 10.1 Å². The molecule has 1 aliphatic rings. The molecule has 0 saturated carbocycles. The van der Waals surface area contributed by atoms with Gasteiger partial charge < -0.3 is 21.3 Å². The summed E-state index contributed by atoms with van der Waals surface area (Å²) in [6, 6.07) is 5.84. The van der Waals surface area contributed by atoms with Gasteiger partial charge in [0.2, 0.25) is 11.8 Å². The van der Waals surface area contributed by atoms with Gasteiger partial charge in [-0.05, 0) is 42.5 Å². The molecule has 0 bridgehead atoms. The Balaban J connectivity index is 0.00000338. The summed E-state index contributed by atoms with van der Waals surface area (Å²) in [5.41, 5.74) is 6.72. The van der Waals surface area contributed by atoms with E-state index in [4.69, 9.17) is 5.73 Å². The number of amides is 2. The first-order valence-electron chi connectivity index (χ1n) is 8.67. The lowest BCUT2D eigenvalue weighted by Crippen LogP contribution is -2.47. The van der Waals surface area contributed by atoms with E-state index in [1.807, 2.05) is 13.8 Å². The highest BCUT2D eigenvalue weighted by Gasteiger charge is 2.23. The number of carbonyl (C=O) groups is 2. The highest BCUT2D eigenvalue weighted by Crippen LogP contribution is 2.23. The maximum absolute atomic E-state index is 13.0. The summed E-state index contributed by atoms with van der Waals surface area (Å²) in [5.74, 6) is -0.411. The van der Waals surface area contributed by atoms with Gasteiger partial charge in [-0.3, -0.25) is 9.59 Å². The van der Waals surface area contributed by atoms with E-state index in [9.17, 15) is 14.0 Å². The van der Waals surface area contributed by atoms with Crippen molar-refractivity contribution in [1.82, 2.24) is 10.6 Å². The first-order chi connectivity index (χ1) is 11.9. The van der Waals surface area contributed by atoms with Gasteiger partial charge in [-0.25, -0.2) is 4.39 Å². The first-order valence-corrected chi connectivity index (χ1v) is 8.67. The van der Waals surface area contributed by atoms with Crippen LogP contribution in [0.25, 0.3) is 0 Å². The summed E-state index contributed by atoms with van der Waals surface area (Å²) < 4.78 is 13.0. The number of benzene rings is 1. The molecule has 2 amide bonds. The summed E-state index contributed by atoms with van der Waals surface area (Å²) in [5, 5.41) is 5.41. The SMILES string of the molecule is CC(C)[C@H](N)C(=O)NCC(=O)NCC1CCN(c2ccc(F)cc2)C1.Cl.Cl. The van der Waals surface area contributed by atoms with Gasteiger partial charge in [0.25, 0.3) is 0 Å². The Hall–Kier alpha value is -1.57. The van der Waals surface area contributed by atoms with Crippen molar-refractivity contribution in [1.29, 1.82) is 0 Å². The molecule has 6 nitrogen and oxygen atoms in total. The third-order valence-electron chi connectivity index (χ3n) is 4.51. The zero-order chi connectivity index (χ0) is 18.4. The number of hydrogen-bond donors (Lipinski definition) is 3. The zero-order valence-electron chi connectivity index (χ0n) is 15.6. The van der Waals surface area contributed by atoms with Gasteiger partial charge in [-0.1, -0.05) is 13.8 Å². The van der Waals surface area contributed by atoms with Crippen molar-refractivity contribution in [2.45, 2.75) is 26.3 Å². The van der Waals surface area contributed by atoms with Gasteiger partial charge in [-0.15, -0.1) is 24.8 Å². The molecule has 154 valence electrons. The molecule has 0 aromatic heterocycles. The minimum absolute atomic E-state index is 0. The second-order valence-electron chi connectivity index (χ2n) is 6.87. The monoisotopic (exact) mass is 422 g/mol. The van der Waals surface area contributed by atoms with Crippen LogP contribution in [0.3, 0.4) is 0 Å². The Morgan fingerprint density at radius 1 is 1.22 bits per heavy atom. The van der Waals surface area contributed by atoms with E-state index in [2.05, 4.69) is 15.5 Å². The van der Waals surface area contributed by atoms with Crippen LogP contribution in [0.15, 0.2) is 24.3 Å². The Kier molecular flexibility index (Phi) is 11.3. The lowest BCUT2D eigenvalue weighted by molar-refractivity contribution is -0.127. The molecule has 1 heterocycles. The molecule has 1 saturated heterocycles. The number of anilines is 1. The molecular formula is C18H29Cl2FN4O2. The summed E-state index contributed by atoms with van der Waals surface area (Å²) in [7, 11) is 0. The van der Waals surface area contributed by atoms with Gasteiger partial charge in [0.05, 0.1) is 12.6 Å². The predicted molar refractivity (Wildman–Crippen MR) is 110 cm³/mol. The number of rotatable bonds is 7. The van der Waals surface area contributed by atoms with E-state index >= 15 is 0 Å². The van der Waals surface area contributed by atoms with Crippen LogP contribution >= 0.6 is 24.8 Å². The van der Waals surface area contributed by atoms with Crippen LogP contribution in [-0.4, -0.2) is 44.0 Å². The van der Waals surface area contributed by atoms with Gasteiger partial charge in [0, 0.05) is 25.3 Å².